The van der Waals surface area contributed by atoms with Gasteiger partial charge in [0.05, 0.1) is 5.56 Å². The minimum absolute atomic E-state index is 0. The number of likely N-dealkylation sites (N-methyl/N-ethyl adjacent to an activating group) is 2. The molecule has 0 saturated carbocycles. The predicted molar refractivity (Wildman–Crippen MR) is 72.2 cm³/mol. The van der Waals surface area contributed by atoms with E-state index in [4.69, 9.17) is 0 Å². The summed E-state index contributed by atoms with van der Waals surface area (Å²) in [6, 6.07) is 4.34. The molecule has 17 heavy (non-hydrogen) atoms. The van der Waals surface area contributed by atoms with Crippen molar-refractivity contribution in [2.24, 2.45) is 0 Å². The van der Waals surface area contributed by atoms with Crippen molar-refractivity contribution in [1.82, 2.24) is 10.2 Å². The zero-order valence-electron chi connectivity index (χ0n) is 9.67. The van der Waals surface area contributed by atoms with Crippen molar-refractivity contribution in [2.75, 3.05) is 27.2 Å². The molecule has 0 heterocycles. The van der Waals surface area contributed by atoms with E-state index >= 15 is 0 Å². The normalized spacial score (nSPS) is 9.65. The molecule has 1 rings (SSSR count). The van der Waals surface area contributed by atoms with E-state index in [1.165, 1.54) is 17.0 Å². The molecule has 1 amide bonds. The molecule has 0 atom stereocenters. The van der Waals surface area contributed by atoms with E-state index in [1.807, 2.05) is 0 Å². The third-order valence-electron chi connectivity index (χ3n) is 2.20. The van der Waals surface area contributed by atoms with Crippen LogP contribution in [-0.2, 0) is 0 Å². The molecule has 1 aromatic rings. The van der Waals surface area contributed by atoms with Crippen LogP contribution >= 0.6 is 28.3 Å². The molecule has 1 aromatic carbocycles. The van der Waals surface area contributed by atoms with E-state index in [2.05, 4.69) is 21.2 Å². The monoisotopic (exact) mass is 324 g/mol. The first-order valence-corrected chi connectivity index (χ1v) is 5.70. The first-order valence-electron chi connectivity index (χ1n) is 4.91. The van der Waals surface area contributed by atoms with Crippen molar-refractivity contribution in [3.8, 4) is 0 Å². The summed E-state index contributed by atoms with van der Waals surface area (Å²) in [6.45, 7) is 1.22. The van der Waals surface area contributed by atoms with E-state index in [1.54, 1.807) is 20.2 Å². The number of benzene rings is 1. The average Bonchev–Trinajstić information content (AvgIpc) is 2.28. The van der Waals surface area contributed by atoms with Crippen molar-refractivity contribution < 1.29 is 9.18 Å². The Hall–Kier alpha value is -0.650. The molecular weight excluding hydrogens is 310 g/mol. The molecule has 0 aliphatic carbocycles. The van der Waals surface area contributed by atoms with Crippen LogP contribution in [0.3, 0.4) is 0 Å². The smallest absolute Gasteiger partial charge is 0.256 e. The van der Waals surface area contributed by atoms with Crippen molar-refractivity contribution in [2.45, 2.75) is 0 Å². The molecule has 6 heteroatoms. The van der Waals surface area contributed by atoms with E-state index in [-0.39, 0.29) is 23.9 Å². The topological polar surface area (TPSA) is 32.3 Å². The molecule has 0 aliphatic rings. The highest BCUT2D eigenvalue weighted by molar-refractivity contribution is 9.10. The molecular formula is C11H15BrClFN2O. The van der Waals surface area contributed by atoms with Crippen LogP contribution < -0.4 is 5.32 Å². The van der Waals surface area contributed by atoms with Gasteiger partial charge in [0, 0.05) is 24.6 Å². The van der Waals surface area contributed by atoms with E-state index in [9.17, 15) is 9.18 Å². The molecule has 1 N–H and O–H groups in total. The maximum Gasteiger partial charge on any atom is 0.256 e. The second-order valence-corrected chi connectivity index (χ2v) is 4.37. The first kappa shape index (κ1) is 16.4. The zero-order chi connectivity index (χ0) is 12.1. The van der Waals surface area contributed by atoms with Gasteiger partial charge in [-0.15, -0.1) is 12.4 Å². The summed E-state index contributed by atoms with van der Waals surface area (Å²) in [4.78, 5) is 13.3. The SMILES string of the molecule is CNCCN(C)C(=O)c1cc(Br)ccc1F.Cl. The lowest BCUT2D eigenvalue weighted by Gasteiger charge is -2.17. The van der Waals surface area contributed by atoms with Crippen LogP contribution in [0.5, 0.6) is 0 Å². The maximum atomic E-state index is 13.4. The Labute approximate surface area is 115 Å². The zero-order valence-corrected chi connectivity index (χ0v) is 12.1. The van der Waals surface area contributed by atoms with Gasteiger partial charge in [-0.3, -0.25) is 4.79 Å². The summed E-state index contributed by atoms with van der Waals surface area (Å²) in [5.41, 5.74) is 0.0907. The van der Waals surface area contributed by atoms with Crippen molar-refractivity contribution in [3.63, 3.8) is 0 Å². The van der Waals surface area contributed by atoms with Gasteiger partial charge in [0.2, 0.25) is 0 Å². The number of nitrogens with one attached hydrogen (secondary N) is 1. The number of halogens is 3. The van der Waals surface area contributed by atoms with Gasteiger partial charge < -0.3 is 10.2 Å². The number of nitrogens with zero attached hydrogens (tertiary/aromatic N) is 1. The molecule has 0 fully saturated rings. The van der Waals surface area contributed by atoms with E-state index in [0.29, 0.717) is 17.6 Å². The largest absolute Gasteiger partial charge is 0.340 e. The molecule has 0 saturated heterocycles. The second-order valence-electron chi connectivity index (χ2n) is 3.45. The Morgan fingerprint density at radius 1 is 1.53 bits per heavy atom. The number of carbonyl (C=O) groups is 1. The summed E-state index contributed by atoms with van der Waals surface area (Å²) in [7, 11) is 3.46. The number of rotatable bonds is 4. The van der Waals surface area contributed by atoms with Gasteiger partial charge in [-0.2, -0.15) is 0 Å². The van der Waals surface area contributed by atoms with Gasteiger partial charge in [0.25, 0.3) is 5.91 Å². The lowest BCUT2D eigenvalue weighted by Crippen LogP contribution is -2.33. The summed E-state index contributed by atoms with van der Waals surface area (Å²) in [5.74, 6) is -0.807. The van der Waals surface area contributed by atoms with Crippen LogP contribution in [0, 0.1) is 5.82 Å². The third-order valence-corrected chi connectivity index (χ3v) is 2.70. The highest BCUT2D eigenvalue weighted by Crippen LogP contribution is 2.16. The molecule has 0 bridgehead atoms. The number of carbonyl (C=O) groups excluding carboxylic acids is 1. The van der Waals surface area contributed by atoms with Gasteiger partial charge in [0.15, 0.2) is 0 Å². The Balaban J connectivity index is 0.00000256. The molecule has 0 aliphatic heterocycles. The van der Waals surface area contributed by atoms with Gasteiger partial charge in [-0.1, -0.05) is 15.9 Å². The lowest BCUT2D eigenvalue weighted by atomic mass is 10.2. The van der Waals surface area contributed by atoms with Crippen LogP contribution in [0.2, 0.25) is 0 Å². The minimum Gasteiger partial charge on any atom is -0.340 e. The standard InChI is InChI=1S/C11H14BrFN2O.ClH/c1-14-5-6-15(2)11(16)9-7-8(12)3-4-10(9)13;/h3-4,7,14H,5-6H2,1-2H3;1H. The van der Waals surface area contributed by atoms with Crippen molar-refractivity contribution in [1.29, 1.82) is 0 Å². The van der Waals surface area contributed by atoms with Crippen LogP contribution in [0.25, 0.3) is 0 Å². The summed E-state index contributed by atoms with van der Waals surface area (Å²) in [6.07, 6.45) is 0. The fraction of sp³-hybridized carbons (Fsp3) is 0.364. The first-order chi connectivity index (χ1) is 7.56. The number of hydrogen-bond acceptors (Lipinski definition) is 2. The summed E-state index contributed by atoms with van der Waals surface area (Å²) in [5, 5.41) is 2.93. The lowest BCUT2D eigenvalue weighted by molar-refractivity contribution is 0.0792. The number of hydrogen-bond donors (Lipinski definition) is 1. The quantitative estimate of drug-likeness (QED) is 0.921. The number of amides is 1. The Bertz CT molecular complexity index is 390. The Morgan fingerprint density at radius 2 is 2.18 bits per heavy atom. The minimum atomic E-state index is -0.496. The van der Waals surface area contributed by atoms with Crippen LogP contribution in [0.4, 0.5) is 4.39 Å². The Kier molecular flexibility index (Phi) is 7.34. The predicted octanol–water partition coefficient (Wildman–Crippen LogP) is 2.30. The van der Waals surface area contributed by atoms with Gasteiger partial charge >= 0.3 is 0 Å². The van der Waals surface area contributed by atoms with Crippen LogP contribution in [0.1, 0.15) is 10.4 Å². The van der Waals surface area contributed by atoms with Crippen molar-refractivity contribution >= 4 is 34.2 Å². The molecule has 0 unspecified atom stereocenters. The molecule has 0 radical (unpaired) electrons. The molecule has 0 spiro atoms. The van der Waals surface area contributed by atoms with Gasteiger partial charge in [0.1, 0.15) is 5.82 Å². The van der Waals surface area contributed by atoms with E-state index < -0.39 is 5.82 Å². The van der Waals surface area contributed by atoms with Crippen LogP contribution in [0.15, 0.2) is 22.7 Å². The fourth-order valence-electron chi connectivity index (χ4n) is 1.25. The summed E-state index contributed by atoms with van der Waals surface area (Å²) >= 11 is 3.22. The van der Waals surface area contributed by atoms with Crippen LogP contribution in [-0.4, -0.2) is 38.0 Å². The molecule has 0 aromatic heterocycles. The highest BCUT2D eigenvalue weighted by Gasteiger charge is 2.15. The highest BCUT2D eigenvalue weighted by atomic mass is 79.9. The molecule has 3 nitrogen and oxygen atoms in total. The summed E-state index contributed by atoms with van der Waals surface area (Å²) < 4.78 is 14.1. The van der Waals surface area contributed by atoms with E-state index in [0.717, 1.165) is 0 Å². The molecule has 96 valence electrons. The van der Waals surface area contributed by atoms with Gasteiger partial charge in [-0.05, 0) is 25.2 Å². The second kappa shape index (κ2) is 7.63. The van der Waals surface area contributed by atoms with Gasteiger partial charge in [-0.25, -0.2) is 4.39 Å². The third kappa shape index (κ3) is 4.61. The Morgan fingerprint density at radius 3 is 2.76 bits per heavy atom. The maximum absolute atomic E-state index is 13.4. The average molecular weight is 326 g/mol. The fourth-order valence-corrected chi connectivity index (χ4v) is 1.61. The van der Waals surface area contributed by atoms with Crippen molar-refractivity contribution in [3.05, 3.63) is 34.1 Å².